The van der Waals surface area contributed by atoms with Gasteiger partial charge in [0.1, 0.15) is 5.60 Å². The van der Waals surface area contributed by atoms with E-state index in [1.807, 2.05) is 0 Å². The summed E-state index contributed by atoms with van der Waals surface area (Å²) < 4.78 is 49.0. The van der Waals surface area contributed by atoms with Crippen LogP contribution >= 0.6 is 0 Å². The summed E-state index contributed by atoms with van der Waals surface area (Å²) in [6, 6.07) is 5.56. The molecule has 0 saturated heterocycles. The van der Waals surface area contributed by atoms with Crippen LogP contribution in [0, 0.1) is 6.07 Å². The topological polar surface area (TPSA) is 18.5 Å². The average molecular weight is 429 g/mol. The molecular formula is C12H12F3O2W-. The van der Waals surface area contributed by atoms with Gasteiger partial charge in [0.2, 0.25) is 0 Å². The van der Waals surface area contributed by atoms with Gasteiger partial charge in [0.25, 0.3) is 0 Å². The van der Waals surface area contributed by atoms with Gasteiger partial charge in [-0.1, -0.05) is 0 Å². The predicted octanol–water partition coefficient (Wildman–Crippen LogP) is 2.84. The summed E-state index contributed by atoms with van der Waals surface area (Å²) in [6.07, 6.45) is -3.99. The van der Waals surface area contributed by atoms with Crippen LogP contribution in [0.5, 0.6) is 5.75 Å². The molecule has 1 aliphatic rings. The van der Waals surface area contributed by atoms with Crippen molar-refractivity contribution < 1.29 is 43.7 Å². The number of halogens is 3. The number of ether oxygens (including phenoxy) is 2. The first-order valence-electron chi connectivity index (χ1n) is 5.18. The quantitative estimate of drug-likeness (QED) is 0.640. The van der Waals surface area contributed by atoms with Crippen LogP contribution in [0.4, 0.5) is 13.2 Å². The number of fused-ring (bicyclic) bond motifs is 1. The fourth-order valence-corrected chi connectivity index (χ4v) is 1.96. The Labute approximate surface area is 118 Å². The minimum absolute atomic E-state index is 0. The predicted molar refractivity (Wildman–Crippen MR) is 54.9 cm³/mol. The first kappa shape index (κ1) is 15.5. The minimum atomic E-state index is -4.44. The molecule has 6 heteroatoms. The van der Waals surface area contributed by atoms with Crippen molar-refractivity contribution in [2.24, 2.45) is 0 Å². The summed E-state index contributed by atoms with van der Waals surface area (Å²) in [5.41, 5.74) is -1.52. The molecule has 100 valence electrons. The average Bonchev–Trinajstić information content (AvgIpc) is 2.27. The van der Waals surface area contributed by atoms with Gasteiger partial charge in [0, 0.05) is 33.4 Å². The molecular weight excluding hydrogens is 417 g/mol. The summed E-state index contributed by atoms with van der Waals surface area (Å²) in [5, 5.41) is 0. The number of benzene rings is 1. The van der Waals surface area contributed by atoms with Crippen molar-refractivity contribution in [1.82, 2.24) is 0 Å². The zero-order valence-corrected chi connectivity index (χ0v) is 12.9. The smallest absolute Gasteiger partial charge is 0.410 e. The number of methoxy groups -OCH3 is 1. The molecule has 1 unspecified atom stereocenters. The molecule has 0 amide bonds. The van der Waals surface area contributed by atoms with E-state index in [-0.39, 0.29) is 33.2 Å². The van der Waals surface area contributed by atoms with Crippen LogP contribution in [-0.2, 0) is 37.8 Å². The van der Waals surface area contributed by atoms with E-state index in [1.54, 1.807) is 6.07 Å². The van der Waals surface area contributed by atoms with Crippen molar-refractivity contribution in [2.45, 2.75) is 25.1 Å². The van der Waals surface area contributed by atoms with Gasteiger partial charge in [-0.25, -0.2) is 0 Å². The van der Waals surface area contributed by atoms with Crippen LogP contribution in [0.15, 0.2) is 12.1 Å². The second-order valence-corrected chi connectivity index (χ2v) is 4.07. The largest absolute Gasteiger partial charge is 0.523 e. The first-order chi connectivity index (χ1) is 7.88. The van der Waals surface area contributed by atoms with Crippen molar-refractivity contribution in [3.8, 4) is 5.75 Å². The van der Waals surface area contributed by atoms with E-state index in [4.69, 9.17) is 9.47 Å². The Balaban J connectivity index is 0.00000162. The summed E-state index contributed by atoms with van der Waals surface area (Å²) in [6.45, 7) is 1.10. The Hall–Kier alpha value is -0.542. The zero-order valence-electron chi connectivity index (χ0n) is 9.93. The summed E-state index contributed by atoms with van der Waals surface area (Å²) in [5.74, 6) is 0.440. The van der Waals surface area contributed by atoms with Crippen LogP contribution < -0.4 is 4.74 Å². The van der Waals surface area contributed by atoms with Crippen molar-refractivity contribution >= 4 is 0 Å². The molecule has 2 rings (SSSR count). The molecule has 1 atom stereocenters. The van der Waals surface area contributed by atoms with E-state index in [0.29, 0.717) is 17.7 Å². The van der Waals surface area contributed by atoms with Gasteiger partial charge < -0.3 is 9.47 Å². The van der Waals surface area contributed by atoms with Crippen molar-refractivity contribution in [3.63, 3.8) is 0 Å². The number of hydrogen-bond acceptors (Lipinski definition) is 2. The monoisotopic (exact) mass is 429 g/mol. The maximum absolute atomic E-state index is 13.0. The first-order valence-corrected chi connectivity index (χ1v) is 5.18. The van der Waals surface area contributed by atoms with E-state index >= 15 is 0 Å². The van der Waals surface area contributed by atoms with Gasteiger partial charge in [-0.2, -0.15) is 19.2 Å². The molecule has 0 bridgehead atoms. The number of rotatable bonds is 1. The number of hydrogen-bond donors (Lipinski definition) is 0. The fraction of sp³-hybridized carbons (Fsp3) is 0.500. The normalized spacial score (nSPS) is 22.9. The van der Waals surface area contributed by atoms with Gasteiger partial charge in [0.15, 0.2) is 0 Å². The Morgan fingerprint density at radius 1 is 1.44 bits per heavy atom. The van der Waals surface area contributed by atoms with Crippen LogP contribution in [-0.4, -0.2) is 19.9 Å². The Bertz CT molecular complexity index is 434. The maximum atomic E-state index is 13.0. The third kappa shape index (κ3) is 2.43. The summed E-state index contributed by atoms with van der Waals surface area (Å²) >= 11 is 0. The van der Waals surface area contributed by atoms with Crippen molar-refractivity contribution in [3.05, 3.63) is 29.3 Å². The third-order valence-corrected chi connectivity index (χ3v) is 3.05. The van der Waals surface area contributed by atoms with E-state index in [2.05, 4.69) is 6.07 Å². The Morgan fingerprint density at radius 3 is 2.67 bits per heavy atom. The van der Waals surface area contributed by atoms with Gasteiger partial charge in [-0.15, -0.1) is 23.3 Å². The molecule has 1 aromatic carbocycles. The van der Waals surface area contributed by atoms with Crippen LogP contribution in [0.3, 0.4) is 0 Å². The van der Waals surface area contributed by atoms with Gasteiger partial charge >= 0.3 is 6.18 Å². The molecule has 0 aliphatic carbocycles. The van der Waals surface area contributed by atoms with Gasteiger partial charge in [0.05, 0.1) is 7.11 Å². The second kappa shape index (κ2) is 5.22. The van der Waals surface area contributed by atoms with E-state index in [9.17, 15) is 13.2 Å². The molecule has 0 spiro atoms. The molecule has 0 aromatic heterocycles. The van der Waals surface area contributed by atoms with Crippen molar-refractivity contribution in [2.75, 3.05) is 13.7 Å². The standard InChI is InChI=1S/C12H12F3O2.W/c1-11(12(13,14)15)10-4-3-9(16-2)7-8(10)5-6-17-11;/h4,7H,5-6H2,1-2H3;/q-1;. The molecule has 18 heavy (non-hydrogen) atoms. The van der Waals surface area contributed by atoms with Crippen molar-refractivity contribution in [1.29, 1.82) is 0 Å². The molecule has 2 nitrogen and oxygen atoms in total. The summed E-state index contributed by atoms with van der Waals surface area (Å²) in [7, 11) is 1.46. The van der Waals surface area contributed by atoms with Gasteiger partial charge in [-0.05, 0) is 13.3 Å². The summed E-state index contributed by atoms with van der Waals surface area (Å²) in [4.78, 5) is 0. The van der Waals surface area contributed by atoms with E-state index in [0.717, 1.165) is 6.92 Å². The second-order valence-electron chi connectivity index (χ2n) is 4.07. The van der Waals surface area contributed by atoms with E-state index < -0.39 is 11.8 Å². The molecule has 0 radical (unpaired) electrons. The van der Waals surface area contributed by atoms with Gasteiger partial charge in [-0.3, -0.25) is 0 Å². The van der Waals surface area contributed by atoms with Crippen LogP contribution in [0.25, 0.3) is 0 Å². The fourth-order valence-electron chi connectivity index (χ4n) is 1.96. The molecule has 1 aliphatic heterocycles. The SMILES string of the molecule is COc1[c-]cc2c(c1)CCOC2(C)C(F)(F)F.[W]. The molecule has 0 fully saturated rings. The number of alkyl halides is 3. The Morgan fingerprint density at radius 2 is 2.11 bits per heavy atom. The Kier molecular flexibility index (Phi) is 4.50. The maximum Gasteiger partial charge on any atom is 0.410 e. The molecule has 1 aromatic rings. The third-order valence-electron chi connectivity index (χ3n) is 3.05. The van der Waals surface area contributed by atoms with Crippen LogP contribution in [0.2, 0.25) is 0 Å². The minimum Gasteiger partial charge on any atom is -0.523 e. The molecule has 1 heterocycles. The van der Waals surface area contributed by atoms with Crippen LogP contribution in [0.1, 0.15) is 18.1 Å². The molecule has 0 saturated carbocycles. The van der Waals surface area contributed by atoms with E-state index in [1.165, 1.54) is 13.2 Å². The molecule has 0 N–H and O–H groups in total. The zero-order chi connectivity index (χ0) is 12.7.